The molecule has 0 saturated carbocycles. The van der Waals surface area contributed by atoms with Crippen LogP contribution in [-0.4, -0.2) is 43.4 Å². The van der Waals surface area contributed by atoms with Gasteiger partial charge in [0.25, 0.3) is 0 Å². The van der Waals surface area contributed by atoms with E-state index in [2.05, 4.69) is 29.8 Å². The standard InChI is InChI=1S/C14H20BrNO3S2/c1-14(2)6-7-16(8-9-20-14)21(17,18)11-4-5-13(19-3)12(15)10-11/h4-5,10H,6-9H2,1-3H3. The van der Waals surface area contributed by atoms with Gasteiger partial charge in [0, 0.05) is 23.6 Å². The molecule has 0 radical (unpaired) electrons. The van der Waals surface area contributed by atoms with Crippen molar-refractivity contribution < 1.29 is 13.2 Å². The minimum absolute atomic E-state index is 0.130. The van der Waals surface area contributed by atoms with Crippen LogP contribution >= 0.6 is 27.7 Å². The smallest absolute Gasteiger partial charge is 0.243 e. The van der Waals surface area contributed by atoms with E-state index in [9.17, 15) is 8.42 Å². The Kier molecular flexibility index (Phi) is 5.28. The van der Waals surface area contributed by atoms with Crippen LogP contribution in [0, 0.1) is 0 Å². The van der Waals surface area contributed by atoms with Gasteiger partial charge in [-0.15, -0.1) is 0 Å². The molecule has 2 rings (SSSR count). The molecule has 0 atom stereocenters. The summed E-state index contributed by atoms with van der Waals surface area (Å²) in [6.45, 7) is 5.45. The van der Waals surface area contributed by atoms with Gasteiger partial charge in [-0.3, -0.25) is 0 Å². The monoisotopic (exact) mass is 393 g/mol. The van der Waals surface area contributed by atoms with Crippen molar-refractivity contribution in [3.63, 3.8) is 0 Å². The van der Waals surface area contributed by atoms with Crippen molar-refractivity contribution in [3.05, 3.63) is 22.7 Å². The zero-order chi connectivity index (χ0) is 15.7. The Balaban J connectivity index is 2.27. The summed E-state index contributed by atoms with van der Waals surface area (Å²) in [7, 11) is -1.89. The third kappa shape index (κ3) is 3.94. The van der Waals surface area contributed by atoms with E-state index in [1.54, 1.807) is 29.6 Å². The van der Waals surface area contributed by atoms with Gasteiger partial charge in [-0.05, 0) is 40.5 Å². The van der Waals surface area contributed by atoms with Gasteiger partial charge in [0.05, 0.1) is 16.5 Å². The summed E-state index contributed by atoms with van der Waals surface area (Å²) in [6, 6.07) is 4.88. The minimum atomic E-state index is -3.45. The Labute approximate surface area is 139 Å². The van der Waals surface area contributed by atoms with E-state index in [0.29, 0.717) is 28.2 Å². The Morgan fingerprint density at radius 2 is 2.05 bits per heavy atom. The van der Waals surface area contributed by atoms with Gasteiger partial charge in [0.15, 0.2) is 0 Å². The highest BCUT2D eigenvalue weighted by atomic mass is 79.9. The van der Waals surface area contributed by atoms with Crippen LogP contribution in [-0.2, 0) is 10.0 Å². The first-order valence-electron chi connectivity index (χ1n) is 6.74. The summed E-state index contributed by atoms with van der Waals surface area (Å²) < 4.78 is 33.0. The van der Waals surface area contributed by atoms with Crippen molar-refractivity contribution in [3.8, 4) is 5.75 Å². The summed E-state index contributed by atoms with van der Waals surface area (Å²) in [5.74, 6) is 1.45. The average Bonchev–Trinajstić information content (AvgIpc) is 2.60. The van der Waals surface area contributed by atoms with Crippen molar-refractivity contribution in [1.82, 2.24) is 4.31 Å². The summed E-state index contributed by atoms with van der Waals surface area (Å²) in [5.41, 5.74) is 0. The number of sulfonamides is 1. The summed E-state index contributed by atoms with van der Waals surface area (Å²) in [5, 5.41) is 0. The number of rotatable bonds is 3. The molecular formula is C14H20BrNO3S2. The van der Waals surface area contributed by atoms with E-state index in [-0.39, 0.29) is 4.75 Å². The maximum atomic E-state index is 12.8. The van der Waals surface area contributed by atoms with Crippen molar-refractivity contribution in [2.24, 2.45) is 0 Å². The van der Waals surface area contributed by atoms with Crippen LogP contribution in [0.15, 0.2) is 27.6 Å². The van der Waals surface area contributed by atoms with Crippen LogP contribution in [0.5, 0.6) is 5.75 Å². The van der Waals surface area contributed by atoms with Crippen molar-refractivity contribution in [1.29, 1.82) is 0 Å². The zero-order valence-corrected chi connectivity index (χ0v) is 15.6. The molecule has 118 valence electrons. The largest absolute Gasteiger partial charge is 0.496 e. The Hall–Kier alpha value is -0.240. The number of hydrogen-bond acceptors (Lipinski definition) is 4. The number of methoxy groups -OCH3 is 1. The van der Waals surface area contributed by atoms with E-state index in [1.165, 1.54) is 0 Å². The van der Waals surface area contributed by atoms with Gasteiger partial charge >= 0.3 is 0 Å². The molecule has 0 aliphatic carbocycles. The summed E-state index contributed by atoms with van der Waals surface area (Å²) >= 11 is 5.18. The fourth-order valence-electron chi connectivity index (χ4n) is 2.20. The van der Waals surface area contributed by atoms with Crippen LogP contribution in [0.4, 0.5) is 0 Å². The van der Waals surface area contributed by atoms with Gasteiger partial charge in [0.1, 0.15) is 5.75 Å². The molecule has 1 saturated heterocycles. The first kappa shape index (κ1) is 17.1. The van der Waals surface area contributed by atoms with Crippen LogP contribution in [0.1, 0.15) is 20.3 Å². The number of benzene rings is 1. The molecule has 0 N–H and O–H groups in total. The second-order valence-electron chi connectivity index (χ2n) is 5.56. The first-order chi connectivity index (χ1) is 9.76. The highest BCUT2D eigenvalue weighted by Gasteiger charge is 2.31. The number of hydrogen-bond donors (Lipinski definition) is 0. The van der Waals surface area contributed by atoms with Crippen LogP contribution < -0.4 is 4.74 Å². The Morgan fingerprint density at radius 3 is 2.67 bits per heavy atom. The minimum Gasteiger partial charge on any atom is -0.496 e. The molecule has 0 unspecified atom stereocenters. The molecule has 1 aromatic carbocycles. The van der Waals surface area contributed by atoms with Gasteiger partial charge in [0.2, 0.25) is 10.0 Å². The first-order valence-corrected chi connectivity index (χ1v) is 9.96. The number of ether oxygens (including phenoxy) is 1. The van der Waals surface area contributed by atoms with Crippen LogP contribution in [0.25, 0.3) is 0 Å². The van der Waals surface area contributed by atoms with Gasteiger partial charge < -0.3 is 4.74 Å². The van der Waals surface area contributed by atoms with E-state index >= 15 is 0 Å². The molecule has 1 aliphatic rings. The molecule has 7 heteroatoms. The van der Waals surface area contributed by atoms with Gasteiger partial charge in [-0.1, -0.05) is 13.8 Å². The molecule has 1 fully saturated rings. The lowest BCUT2D eigenvalue weighted by atomic mass is 10.1. The molecule has 21 heavy (non-hydrogen) atoms. The third-order valence-electron chi connectivity index (χ3n) is 3.56. The maximum absolute atomic E-state index is 12.8. The van der Waals surface area contributed by atoms with Crippen molar-refractivity contribution >= 4 is 37.7 Å². The lowest BCUT2D eigenvalue weighted by molar-refractivity contribution is 0.409. The van der Waals surface area contributed by atoms with E-state index in [4.69, 9.17) is 4.74 Å². The molecular weight excluding hydrogens is 374 g/mol. The maximum Gasteiger partial charge on any atom is 0.243 e. The SMILES string of the molecule is COc1ccc(S(=O)(=O)N2CCSC(C)(C)CC2)cc1Br. The zero-order valence-electron chi connectivity index (χ0n) is 12.4. The van der Waals surface area contributed by atoms with Gasteiger partial charge in [-0.25, -0.2) is 8.42 Å². The number of nitrogens with zero attached hydrogens (tertiary/aromatic N) is 1. The second kappa shape index (κ2) is 6.48. The van der Waals surface area contributed by atoms with E-state index in [1.807, 2.05) is 11.8 Å². The molecule has 0 bridgehead atoms. The molecule has 1 aromatic rings. The molecule has 0 spiro atoms. The fraction of sp³-hybridized carbons (Fsp3) is 0.571. The van der Waals surface area contributed by atoms with Gasteiger partial charge in [-0.2, -0.15) is 16.1 Å². The molecule has 0 amide bonds. The highest BCUT2D eigenvalue weighted by Crippen LogP contribution is 2.33. The second-order valence-corrected chi connectivity index (χ2v) is 10.2. The summed E-state index contributed by atoms with van der Waals surface area (Å²) in [4.78, 5) is 0.305. The number of halogens is 1. The Morgan fingerprint density at radius 1 is 1.33 bits per heavy atom. The quantitative estimate of drug-likeness (QED) is 0.789. The highest BCUT2D eigenvalue weighted by molar-refractivity contribution is 9.10. The van der Waals surface area contributed by atoms with Crippen LogP contribution in [0.2, 0.25) is 0 Å². The number of thioether (sulfide) groups is 1. The molecule has 0 aromatic heterocycles. The van der Waals surface area contributed by atoms with Crippen molar-refractivity contribution in [2.45, 2.75) is 29.9 Å². The average molecular weight is 394 g/mol. The predicted octanol–water partition coefficient (Wildman–Crippen LogP) is 3.36. The van der Waals surface area contributed by atoms with E-state index in [0.717, 1.165) is 12.2 Å². The third-order valence-corrected chi connectivity index (χ3v) is 7.44. The van der Waals surface area contributed by atoms with E-state index < -0.39 is 10.0 Å². The molecule has 1 aliphatic heterocycles. The lowest BCUT2D eigenvalue weighted by Gasteiger charge is -2.22. The topological polar surface area (TPSA) is 46.6 Å². The molecule has 4 nitrogen and oxygen atoms in total. The Bertz CT molecular complexity index is 617. The van der Waals surface area contributed by atoms with Crippen molar-refractivity contribution in [2.75, 3.05) is 26.0 Å². The molecule has 1 heterocycles. The normalized spacial score (nSPS) is 20.0. The fourth-order valence-corrected chi connectivity index (χ4v) is 5.57. The summed E-state index contributed by atoms with van der Waals surface area (Å²) in [6.07, 6.45) is 0.855. The lowest BCUT2D eigenvalue weighted by Crippen LogP contribution is -2.33. The van der Waals surface area contributed by atoms with Crippen LogP contribution in [0.3, 0.4) is 0 Å². The predicted molar refractivity (Wildman–Crippen MR) is 90.6 cm³/mol.